The largest absolute Gasteiger partial charge is 0.462 e. The number of nitrogens with one attached hydrogen (secondary N) is 2. The van der Waals surface area contributed by atoms with Gasteiger partial charge in [0.05, 0.1) is 66.8 Å². The molecule has 0 saturated carbocycles. The predicted molar refractivity (Wildman–Crippen MR) is 481 cm³/mol. The van der Waals surface area contributed by atoms with E-state index in [0.717, 1.165) is 39.5 Å². The zero-order valence-electron chi connectivity index (χ0n) is 70.9. The van der Waals surface area contributed by atoms with Gasteiger partial charge in [-0.1, -0.05) is 144 Å². The topological polar surface area (TPSA) is 312 Å². The van der Waals surface area contributed by atoms with Crippen molar-refractivity contribution in [3.05, 3.63) is 286 Å². The Kier molecular flexibility index (Phi) is 27.4. The van der Waals surface area contributed by atoms with Gasteiger partial charge in [-0.25, -0.2) is 43.6 Å². The molecule has 0 aliphatic carbocycles. The number of H-pyrrole nitrogens is 2. The molecular formula is C96H98N8O16S4. The van der Waals surface area contributed by atoms with E-state index in [2.05, 4.69) is 9.97 Å². The van der Waals surface area contributed by atoms with Crippen LogP contribution in [0.3, 0.4) is 0 Å². The third-order valence-electron chi connectivity index (χ3n) is 20.4. The number of rotatable bonds is 32. The molecule has 13 rings (SSSR count). The van der Waals surface area contributed by atoms with Crippen LogP contribution in [0.4, 0.5) is 0 Å². The van der Waals surface area contributed by atoms with Crippen LogP contribution >= 0.6 is 0 Å². The Balaban J connectivity index is 1.08. The molecule has 2 aliphatic rings. The van der Waals surface area contributed by atoms with Gasteiger partial charge in [0.2, 0.25) is 40.1 Å². The Labute approximate surface area is 724 Å². The molecule has 0 atom stereocenters. The molecule has 0 radical (unpaired) electrons. The number of carbonyl (C=O) groups is 4. The highest BCUT2D eigenvalue weighted by Gasteiger charge is 2.34. The van der Waals surface area contributed by atoms with Crippen LogP contribution in [-0.4, -0.2) is 145 Å². The van der Waals surface area contributed by atoms with Crippen LogP contribution in [-0.2, 0) is 104 Å². The number of benzene rings is 8. The van der Waals surface area contributed by atoms with Crippen molar-refractivity contribution >= 4 is 110 Å². The first kappa shape index (κ1) is 89.6. The zero-order valence-corrected chi connectivity index (χ0v) is 74.2. The lowest BCUT2D eigenvalue weighted by molar-refractivity contribution is -0.148. The van der Waals surface area contributed by atoms with Gasteiger partial charge < -0.3 is 28.9 Å². The van der Waals surface area contributed by atoms with Gasteiger partial charge in [0.25, 0.3) is 0 Å². The van der Waals surface area contributed by atoms with E-state index >= 15 is 0 Å². The lowest BCUT2D eigenvalue weighted by atomic mass is 10.0. The molecule has 2 aliphatic heterocycles. The fraction of sp³-hybridized carbons (Fsp3) is 0.250. The van der Waals surface area contributed by atoms with Crippen molar-refractivity contribution in [1.29, 1.82) is 0 Å². The van der Waals surface area contributed by atoms with E-state index in [1.807, 2.05) is 125 Å². The molecule has 124 heavy (non-hydrogen) atoms. The zero-order chi connectivity index (χ0) is 88.7. The predicted octanol–water partition coefficient (Wildman–Crippen LogP) is 17.1. The van der Waals surface area contributed by atoms with Crippen molar-refractivity contribution in [3.63, 3.8) is 0 Å². The molecule has 8 bridgehead atoms. The molecule has 0 fully saturated rings. The fourth-order valence-electron chi connectivity index (χ4n) is 14.7. The van der Waals surface area contributed by atoms with Crippen LogP contribution in [0.5, 0.6) is 0 Å². The Morgan fingerprint density at radius 3 is 0.669 bits per heavy atom. The molecule has 0 amide bonds. The van der Waals surface area contributed by atoms with E-state index in [1.165, 1.54) is 48.5 Å². The summed E-state index contributed by atoms with van der Waals surface area (Å²) in [5, 5.41) is 0. The number of carbonyl (C=O) groups excluding carboxylic acids is 4. The number of aromatic nitrogens is 4. The number of esters is 4. The van der Waals surface area contributed by atoms with Gasteiger partial charge in [0.15, 0.2) is 0 Å². The average Bonchev–Trinajstić information content (AvgIpc) is 1.61. The first-order valence-electron chi connectivity index (χ1n) is 40.5. The molecule has 8 aromatic carbocycles. The van der Waals surface area contributed by atoms with Crippen molar-refractivity contribution in [3.8, 4) is 44.5 Å². The quantitative estimate of drug-likeness (QED) is 0.0292. The van der Waals surface area contributed by atoms with E-state index in [1.54, 1.807) is 152 Å². The molecule has 28 heteroatoms. The van der Waals surface area contributed by atoms with Gasteiger partial charge in [-0.15, -0.1) is 0 Å². The summed E-state index contributed by atoms with van der Waals surface area (Å²) in [5.41, 5.74) is 13.0. The maximum absolute atomic E-state index is 14.9. The summed E-state index contributed by atoms with van der Waals surface area (Å²) < 4.78 is 146. The Morgan fingerprint density at radius 2 is 0.484 bits per heavy atom. The number of aryl methyl sites for hydroxylation is 4. The van der Waals surface area contributed by atoms with E-state index in [9.17, 15) is 52.8 Å². The standard InChI is InChI=1S/C96H98N8O16S4/c1-61(2)117-89(105)57-101(121(109,110)77-33-25-65(9)26-34-77)53-69-17-13-21-73(49-69)93-81-41-43-83(97-81)94(74-22-14-18-70(50-74)54-102(58-90(106)118-62(3)4)122(111,112)78-35-27-66(10)28-36-78)85-45-47-87(99-85)96(76-24-16-20-72(52-76)56-104(60-92(108)120-64(7)8)124(115,116)80-39-31-68(12)32-40-80)88-48-46-86(100-88)95(84-44-42-82(93)98-84)75-23-15-19-71(51-75)55-103(59-91(107)119-63(5)6)123(113,114)79-37-29-67(11)30-38-79/h13-52,61-64,97,100H,53-60H2,1-12H3. The third kappa shape index (κ3) is 21.2. The maximum atomic E-state index is 14.9. The van der Waals surface area contributed by atoms with Gasteiger partial charge in [0.1, 0.15) is 26.2 Å². The van der Waals surface area contributed by atoms with E-state index in [4.69, 9.17) is 28.9 Å². The summed E-state index contributed by atoms with van der Waals surface area (Å²) in [6.07, 6.45) is 5.16. The van der Waals surface area contributed by atoms with Crippen LogP contribution in [0.1, 0.15) is 123 Å². The van der Waals surface area contributed by atoms with Crippen LogP contribution in [0.25, 0.3) is 90.9 Å². The molecule has 2 N–H and O–H groups in total. The van der Waals surface area contributed by atoms with Crippen LogP contribution in [0.15, 0.2) is 238 Å². The van der Waals surface area contributed by atoms with E-state index < -0.39 is 115 Å². The summed E-state index contributed by atoms with van der Waals surface area (Å²) >= 11 is 0. The fourth-order valence-corrected chi connectivity index (χ4v) is 20.1. The van der Waals surface area contributed by atoms with Gasteiger partial charge in [-0.05, 0) is 249 Å². The monoisotopic (exact) mass is 1750 g/mol. The molecule has 0 spiro atoms. The third-order valence-corrected chi connectivity index (χ3v) is 27.6. The van der Waals surface area contributed by atoms with E-state index in [0.29, 0.717) is 112 Å². The first-order chi connectivity index (χ1) is 58.9. The maximum Gasteiger partial charge on any atom is 0.321 e. The second-order valence-electron chi connectivity index (χ2n) is 31.8. The van der Waals surface area contributed by atoms with Gasteiger partial charge in [0, 0.05) is 70.5 Å². The number of sulfonamides is 4. The van der Waals surface area contributed by atoms with Crippen molar-refractivity contribution in [1.82, 2.24) is 37.2 Å². The van der Waals surface area contributed by atoms with Gasteiger partial charge in [-0.2, -0.15) is 17.2 Å². The normalized spacial score (nSPS) is 12.5. The molecule has 11 aromatic rings. The second kappa shape index (κ2) is 37.9. The lowest BCUT2D eigenvalue weighted by Gasteiger charge is -2.22. The SMILES string of the molecule is Cc1ccc(S(=O)(=O)N(CC(=O)OC(C)C)Cc2cccc(-c3c4nc(c(-c5cccc(CN(CC(=O)OC(C)C)S(=O)(=O)c6ccc(C)cc6)c5)c5ccc([nH]5)c(-c5cccc(CN(CC(=O)OC(C)C)S(=O)(=O)c6ccc(C)cc6)c5)c5nc(c(-c6cccc(CN(CC(=O)OC(C)C)S(=O)(=O)c7ccc(C)cc7)c6)c6ccc3[nH]6)C=C5)C=C4)c2)cc1. The summed E-state index contributed by atoms with van der Waals surface area (Å²) in [4.78, 5) is 73.3. The minimum atomic E-state index is -4.37. The molecule has 3 aromatic heterocycles. The highest BCUT2D eigenvalue weighted by molar-refractivity contribution is 7.90. The summed E-state index contributed by atoms with van der Waals surface area (Å²) in [6, 6.07) is 61.7. The minimum Gasteiger partial charge on any atom is -0.462 e. The molecule has 5 heterocycles. The molecule has 24 nitrogen and oxygen atoms in total. The highest BCUT2D eigenvalue weighted by atomic mass is 32.2. The number of aromatic amines is 2. The number of ether oxygens (including phenoxy) is 4. The molecule has 0 saturated heterocycles. The summed E-state index contributed by atoms with van der Waals surface area (Å²) in [6.45, 7) is 17.1. The Hall–Kier alpha value is -12.1. The average molecular weight is 1750 g/mol. The molecule has 0 unspecified atom stereocenters. The number of fused-ring (bicyclic) bond motifs is 8. The van der Waals surface area contributed by atoms with E-state index in [-0.39, 0.29) is 45.8 Å². The number of hydrogen-bond acceptors (Lipinski definition) is 18. The number of nitrogens with zero attached hydrogens (tertiary/aromatic N) is 6. The minimum absolute atomic E-state index is 0.0353. The Bertz CT molecular complexity index is 5840. The van der Waals surface area contributed by atoms with Crippen molar-refractivity contribution < 1.29 is 71.8 Å². The van der Waals surface area contributed by atoms with Crippen LogP contribution in [0.2, 0.25) is 0 Å². The van der Waals surface area contributed by atoms with Gasteiger partial charge in [-0.3, -0.25) is 19.2 Å². The van der Waals surface area contributed by atoms with Gasteiger partial charge >= 0.3 is 23.9 Å². The summed E-state index contributed by atoms with van der Waals surface area (Å²) in [7, 11) is -17.5. The number of hydrogen-bond donors (Lipinski definition) is 2. The van der Waals surface area contributed by atoms with Crippen LogP contribution in [0, 0.1) is 27.7 Å². The molecule has 642 valence electrons. The lowest BCUT2D eigenvalue weighted by Crippen LogP contribution is -2.36. The van der Waals surface area contributed by atoms with Crippen molar-refractivity contribution in [2.45, 2.75) is 153 Å². The van der Waals surface area contributed by atoms with Crippen molar-refractivity contribution in [2.75, 3.05) is 26.2 Å². The second-order valence-corrected chi connectivity index (χ2v) is 39.6. The Morgan fingerprint density at radius 1 is 0.290 bits per heavy atom. The smallest absolute Gasteiger partial charge is 0.321 e. The van der Waals surface area contributed by atoms with Crippen LogP contribution < -0.4 is 0 Å². The van der Waals surface area contributed by atoms with Crippen molar-refractivity contribution in [2.24, 2.45) is 0 Å². The molecular weight excluding hydrogens is 1650 g/mol. The highest BCUT2D eigenvalue weighted by Crippen LogP contribution is 2.41. The first-order valence-corrected chi connectivity index (χ1v) is 46.3. The summed E-state index contributed by atoms with van der Waals surface area (Å²) in [5.74, 6) is -3.05.